The van der Waals surface area contributed by atoms with Gasteiger partial charge in [0, 0.05) is 5.69 Å². The zero-order valence-corrected chi connectivity index (χ0v) is 21.7. The minimum absolute atomic E-state index is 0.440. The van der Waals surface area contributed by atoms with Gasteiger partial charge in [0.25, 0.3) is 5.91 Å². The lowest BCUT2D eigenvalue weighted by atomic mass is 10.0. The molecule has 0 aliphatic heterocycles. The van der Waals surface area contributed by atoms with Crippen LogP contribution in [0.15, 0.2) is 48.5 Å². The highest BCUT2D eigenvalue weighted by molar-refractivity contribution is 6.00. The average Bonchev–Trinajstić information content (AvgIpc) is 2.79. The van der Waals surface area contributed by atoms with E-state index in [2.05, 4.69) is 10.6 Å². The van der Waals surface area contributed by atoms with Crippen LogP contribution in [0.4, 0.5) is 10.5 Å². The monoisotopic (exact) mass is 507 g/mol. The minimum Gasteiger partial charge on any atom is -0.444 e. The number of amides is 4. The van der Waals surface area contributed by atoms with Crippen LogP contribution in [0.25, 0.3) is 0 Å². The topological polar surface area (TPSA) is 155 Å². The van der Waals surface area contributed by atoms with Gasteiger partial charge in [-0.2, -0.15) is 5.26 Å². The summed E-state index contributed by atoms with van der Waals surface area (Å²) in [5, 5.41) is 14.7. The molecule has 196 valence electrons. The first kappa shape index (κ1) is 28.8. The molecule has 37 heavy (non-hydrogen) atoms. The minimum atomic E-state index is -1.46. The maximum Gasteiger partial charge on any atom is 0.408 e. The lowest BCUT2D eigenvalue weighted by Gasteiger charge is -2.32. The number of hydrogen-bond acceptors (Lipinski definition) is 6. The van der Waals surface area contributed by atoms with E-state index in [1.165, 1.54) is 0 Å². The van der Waals surface area contributed by atoms with Crippen LogP contribution in [0.1, 0.15) is 49.9 Å². The van der Waals surface area contributed by atoms with Crippen molar-refractivity contribution in [1.82, 2.24) is 10.2 Å². The van der Waals surface area contributed by atoms with Crippen LogP contribution < -0.4 is 16.4 Å². The van der Waals surface area contributed by atoms with Gasteiger partial charge < -0.3 is 26.0 Å². The SMILES string of the molecule is Cc1ccc(C(C(=O)Nc2ccccc2C)N(CC#N)C(=O)C(CC(N)=O)NC(=O)OC(C)(C)C)cc1. The van der Waals surface area contributed by atoms with Crippen molar-refractivity contribution in [3.05, 3.63) is 65.2 Å². The molecule has 10 nitrogen and oxygen atoms in total. The fraction of sp³-hybridized carbons (Fsp3) is 0.370. The number of nitriles is 1. The maximum atomic E-state index is 13.7. The van der Waals surface area contributed by atoms with E-state index in [4.69, 9.17) is 10.5 Å². The number of nitrogens with two attached hydrogens (primary N) is 1. The number of nitrogens with zero attached hydrogens (tertiary/aromatic N) is 2. The Hall–Kier alpha value is -4.39. The van der Waals surface area contributed by atoms with Gasteiger partial charge in [-0.15, -0.1) is 0 Å². The first-order valence-corrected chi connectivity index (χ1v) is 11.7. The Balaban J connectivity index is 2.51. The standard InChI is InChI=1S/C27H33N5O5/c1-17-10-12-19(13-11-17)23(24(34)30-20-9-7-6-8-18(20)2)32(15-14-28)25(35)21(16-22(29)33)31-26(36)37-27(3,4)5/h6-13,21,23H,15-16H2,1-5H3,(H2,29,33)(H,30,34)(H,31,36). The molecule has 4 N–H and O–H groups in total. The van der Waals surface area contributed by atoms with Crippen molar-refractivity contribution in [2.24, 2.45) is 5.73 Å². The van der Waals surface area contributed by atoms with E-state index < -0.39 is 54.5 Å². The third kappa shape index (κ3) is 8.65. The van der Waals surface area contributed by atoms with Gasteiger partial charge >= 0.3 is 6.09 Å². The van der Waals surface area contributed by atoms with E-state index in [0.29, 0.717) is 11.3 Å². The van der Waals surface area contributed by atoms with Crippen molar-refractivity contribution in [3.63, 3.8) is 0 Å². The molecule has 0 heterocycles. The Morgan fingerprint density at radius 1 is 1.05 bits per heavy atom. The summed E-state index contributed by atoms with van der Waals surface area (Å²) >= 11 is 0. The van der Waals surface area contributed by atoms with Gasteiger partial charge in [-0.05, 0) is 51.8 Å². The molecule has 0 aliphatic rings. The van der Waals surface area contributed by atoms with Gasteiger partial charge in [0.1, 0.15) is 24.2 Å². The van der Waals surface area contributed by atoms with Gasteiger partial charge in [-0.1, -0.05) is 48.0 Å². The highest BCUT2D eigenvalue weighted by Gasteiger charge is 2.37. The molecule has 2 rings (SSSR count). The van der Waals surface area contributed by atoms with Crippen LogP contribution in [0.3, 0.4) is 0 Å². The number of benzene rings is 2. The zero-order chi connectivity index (χ0) is 27.8. The fourth-order valence-corrected chi connectivity index (χ4v) is 3.56. The summed E-state index contributed by atoms with van der Waals surface area (Å²) in [5.41, 5.74) is 7.18. The van der Waals surface area contributed by atoms with Crippen molar-refractivity contribution in [3.8, 4) is 6.07 Å². The summed E-state index contributed by atoms with van der Waals surface area (Å²) < 4.78 is 5.22. The summed E-state index contributed by atoms with van der Waals surface area (Å²) in [6.07, 6.45) is -1.50. The third-order valence-corrected chi connectivity index (χ3v) is 5.27. The number of alkyl carbamates (subject to hydrolysis) is 1. The summed E-state index contributed by atoms with van der Waals surface area (Å²) in [6, 6.07) is 13.2. The Labute approximate surface area is 216 Å². The molecule has 0 aliphatic carbocycles. The lowest BCUT2D eigenvalue weighted by molar-refractivity contribution is -0.141. The summed E-state index contributed by atoms with van der Waals surface area (Å²) in [6.45, 7) is 8.12. The van der Waals surface area contributed by atoms with Gasteiger partial charge in [0.05, 0.1) is 12.5 Å². The molecule has 0 aromatic heterocycles. The number of anilines is 1. The molecule has 0 saturated heterocycles. The zero-order valence-electron chi connectivity index (χ0n) is 21.7. The molecule has 0 fully saturated rings. The van der Waals surface area contributed by atoms with Crippen LogP contribution in [-0.4, -0.2) is 46.9 Å². The fourth-order valence-electron chi connectivity index (χ4n) is 3.56. The molecule has 0 spiro atoms. The summed E-state index contributed by atoms with van der Waals surface area (Å²) in [4.78, 5) is 52.5. The lowest BCUT2D eigenvalue weighted by Crippen LogP contribution is -2.53. The molecule has 0 saturated carbocycles. The van der Waals surface area contributed by atoms with Crippen LogP contribution >= 0.6 is 0 Å². The van der Waals surface area contributed by atoms with Gasteiger partial charge in [0.2, 0.25) is 11.8 Å². The van der Waals surface area contributed by atoms with Gasteiger partial charge in [-0.3, -0.25) is 14.4 Å². The van der Waals surface area contributed by atoms with E-state index in [1.807, 2.05) is 32.0 Å². The van der Waals surface area contributed by atoms with Crippen molar-refractivity contribution in [2.75, 3.05) is 11.9 Å². The Morgan fingerprint density at radius 2 is 1.68 bits per heavy atom. The first-order valence-electron chi connectivity index (χ1n) is 11.7. The Morgan fingerprint density at radius 3 is 2.22 bits per heavy atom. The molecule has 10 heteroatoms. The van der Waals surface area contributed by atoms with Crippen molar-refractivity contribution >= 4 is 29.5 Å². The number of ether oxygens (including phenoxy) is 1. The smallest absolute Gasteiger partial charge is 0.408 e. The van der Waals surface area contributed by atoms with Gasteiger partial charge in [-0.25, -0.2) is 4.79 Å². The van der Waals surface area contributed by atoms with Crippen LogP contribution in [-0.2, 0) is 19.1 Å². The maximum absolute atomic E-state index is 13.7. The van der Waals surface area contributed by atoms with Crippen molar-refractivity contribution < 1.29 is 23.9 Å². The second-order valence-corrected chi connectivity index (χ2v) is 9.61. The normalized spacial score (nSPS) is 12.4. The average molecular weight is 508 g/mol. The second kappa shape index (κ2) is 12.5. The van der Waals surface area contributed by atoms with Crippen LogP contribution in [0.5, 0.6) is 0 Å². The molecule has 0 radical (unpaired) electrons. The van der Waals surface area contributed by atoms with E-state index in [9.17, 15) is 24.4 Å². The number of rotatable bonds is 9. The van der Waals surface area contributed by atoms with E-state index in [0.717, 1.165) is 16.0 Å². The molecule has 2 atom stereocenters. The van der Waals surface area contributed by atoms with E-state index in [-0.39, 0.29) is 0 Å². The molecule has 4 amide bonds. The summed E-state index contributed by atoms with van der Waals surface area (Å²) in [5.74, 6) is -2.27. The summed E-state index contributed by atoms with van der Waals surface area (Å²) in [7, 11) is 0. The largest absolute Gasteiger partial charge is 0.444 e. The molecule has 0 bridgehead atoms. The second-order valence-electron chi connectivity index (χ2n) is 9.61. The molecule has 2 aromatic carbocycles. The number of primary amides is 1. The molecule has 2 unspecified atom stereocenters. The van der Waals surface area contributed by atoms with Crippen molar-refractivity contribution in [2.45, 2.75) is 58.7 Å². The molecular formula is C27H33N5O5. The Kier molecular flexibility index (Phi) is 9.77. The van der Waals surface area contributed by atoms with E-state index >= 15 is 0 Å². The number of para-hydroxylation sites is 1. The van der Waals surface area contributed by atoms with Gasteiger partial charge in [0.15, 0.2) is 0 Å². The first-order chi connectivity index (χ1) is 17.3. The predicted molar refractivity (Wildman–Crippen MR) is 138 cm³/mol. The number of hydrogen-bond donors (Lipinski definition) is 3. The third-order valence-electron chi connectivity index (χ3n) is 5.27. The van der Waals surface area contributed by atoms with Crippen LogP contribution in [0.2, 0.25) is 0 Å². The number of aryl methyl sites for hydroxylation is 2. The van der Waals surface area contributed by atoms with Crippen molar-refractivity contribution in [1.29, 1.82) is 5.26 Å². The highest BCUT2D eigenvalue weighted by atomic mass is 16.6. The van der Waals surface area contributed by atoms with E-state index in [1.54, 1.807) is 57.2 Å². The molecular weight excluding hydrogens is 474 g/mol. The quantitative estimate of drug-likeness (QED) is 0.443. The Bertz CT molecular complexity index is 1180. The number of nitrogens with one attached hydrogen (secondary N) is 2. The molecule has 2 aromatic rings. The number of carbonyl (C=O) groups is 4. The van der Waals surface area contributed by atoms with Crippen LogP contribution in [0, 0.1) is 25.2 Å². The highest BCUT2D eigenvalue weighted by Crippen LogP contribution is 2.26. The number of carbonyl (C=O) groups excluding carboxylic acids is 4. The predicted octanol–water partition coefficient (Wildman–Crippen LogP) is 3.10.